The molecule has 6 nitrogen and oxygen atoms in total. The Morgan fingerprint density at radius 1 is 0.296 bits per heavy atom. The molecule has 410 valence electrons. The number of carbonyl (C=O) groups is 3. The molecule has 0 spiro atoms. The predicted molar refractivity (Wildman–Crippen MR) is 307 cm³/mol. The van der Waals surface area contributed by atoms with Gasteiger partial charge in [0.1, 0.15) is 13.2 Å². The molecule has 0 aliphatic rings. The van der Waals surface area contributed by atoms with Crippen molar-refractivity contribution in [3.8, 4) is 0 Å². The number of unbranched alkanes of at least 4 members (excludes halogenated alkanes) is 32. The van der Waals surface area contributed by atoms with Gasteiger partial charge in [-0.2, -0.15) is 0 Å². The van der Waals surface area contributed by atoms with Crippen molar-refractivity contribution in [2.75, 3.05) is 13.2 Å². The van der Waals surface area contributed by atoms with E-state index in [9.17, 15) is 14.4 Å². The second kappa shape index (κ2) is 59.4. The van der Waals surface area contributed by atoms with E-state index in [1.54, 1.807) is 0 Å². The first-order valence-corrected chi connectivity index (χ1v) is 30.4. The summed E-state index contributed by atoms with van der Waals surface area (Å²) >= 11 is 0. The number of esters is 3. The Morgan fingerprint density at radius 2 is 0.549 bits per heavy atom. The van der Waals surface area contributed by atoms with E-state index in [2.05, 4.69) is 93.7 Å². The maximum atomic E-state index is 12.8. The van der Waals surface area contributed by atoms with Gasteiger partial charge in [-0.25, -0.2) is 0 Å². The van der Waals surface area contributed by atoms with Crippen molar-refractivity contribution in [1.29, 1.82) is 0 Å². The summed E-state index contributed by atoms with van der Waals surface area (Å²) in [7, 11) is 0. The van der Waals surface area contributed by atoms with Gasteiger partial charge in [-0.05, 0) is 89.9 Å². The summed E-state index contributed by atoms with van der Waals surface area (Å²) in [6, 6.07) is 0. The highest BCUT2D eigenvalue weighted by molar-refractivity contribution is 5.71. The minimum atomic E-state index is -0.774. The van der Waals surface area contributed by atoms with Crippen molar-refractivity contribution in [2.24, 2.45) is 0 Å². The number of allylic oxidation sites excluding steroid dienone is 12. The van der Waals surface area contributed by atoms with E-state index in [1.807, 2.05) is 0 Å². The van der Waals surface area contributed by atoms with E-state index < -0.39 is 6.10 Å². The third-order valence-corrected chi connectivity index (χ3v) is 13.2. The lowest BCUT2D eigenvalue weighted by molar-refractivity contribution is -0.167. The van der Waals surface area contributed by atoms with Gasteiger partial charge in [0.2, 0.25) is 0 Å². The van der Waals surface area contributed by atoms with E-state index in [4.69, 9.17) is 14.2 Å². The number of hydrogen-bond acceptors (Lipinski definition) is 6. The molecule has 0 aromatic rings. The molecule has 0 bridgehead atoms. The van der Waals surface area contributed by atoms with E-state index in [-0.39, 0.29) is 31.1 Å². The molecule has 1 atom stereocenters. The minimum absolute atomic E-state index is 0.0752. The van der Waals surface area contributed by atoms with Crippen LogP contribution in [0.5, 0.6) is 0 Å². The SMILES string of the molecule is CC/C=C\C/C=C\C/C=C\C/C=C\C/C=C\CCCCCCCCCCCCCCCCCC(=O)OCC(COC(=O)CCCCCCCCC)OC(=O)CCCCCCC/C=C\CCCCCCCC. The molecule has 0 aromatic carbocycles. The fourth-order valence-corrected chi connectivity index (χ4v) is 8.64. The van der Waals surface area contributed by atoms with Crippen LogP contribution < -0.4 is 0 Å². The molecule has 1 unspecified atom stereocenters. The Balaban J connectivity index is 4.05. The molecule has 0 aliphatic heterocycles. The lowest BCUT2D eigenvalue weighted by Crippen LogP contribution is -2.30. The van der Waals surface area contributed by atoms with Gasteiger partial charge in [0.25, 0.3) is 0 Å². The second-order valence-electron chi connectivity index (χ2n) is 20.2. The zero-order valence-corrected chi connectivity index (χ0v) is 47.0. The Kier molecular flexibility index (Phi) is 56.8. The van der Waals surface area contributed by atoms with Crippen LogP contribution in [-0.2, 0) is 28.6 Å². The molecule has 0 radical (unpaired) electrons. The Labute approximate surface area is 440 Å². The van der Waals surface area contributed by atoms with Gasteiger partial charge in [0.05, 0.1) is 0 Å². The Hall–Kier alpha value is -3.15. The summed E-state index contributed by atoms with van der Waals surface area (Å²) in [6.07, 6.45) is 76.5. The van der Waals surface area contributed by atoms with Crippen molar-refractivity contribution in [3.63, 3.8) is 0 Å². The monoisotopic (exact) mass is 991 g/mol. The second-order valence-corrected chi connectivity index (χ2v) is 20.2. The molecular weight excluding hydrogens is 877 g/mol. The van der Waals surface area contributed by atoms with E-state index >= 15 is 0 Å². The van der Waals surface area contributed by atoms with Crippen molar-refractivity contribution in [2.45, 2.75) is 309 Å². The van der Waals surface area contributed by atoms with Gasteiger partial charge < -0.3 is 14.2 Å². The van der Waals surface area contributed by atoms with E-state index in [0.29, 0.717) is 19.3 Å². The summed E-state index contributed by atoms with van der Waals surface area (Å²) in [4.78, 5) is 38.0. The zero-order chi connectivity index (χ0) is 51.4. The number of hydrogen-bond donors (Lipinski definition) is 0. The lowest BCUT2D eigenvalue weighted by atomic mass is 10.0. The molecule has 0 N–H and O–H groups in total. The topological polar surface area (TPSA) is 78.9 Å². The van der Waals surface area contributed by atoms with Gasteiger partial charge in [0.15, 0.2) is 6.10 Å². The summed E-state index contributed by atoms with van der Waals surface area (Å²) in [5, 5.41) is 0. The molecule has 0 aromatic heterocycles. The van der Waals surface area contributed by atoms with Gasteiger partial charge in [-0.3, -0.25) is 14.4 Å². The molecule has 0 heterocycles. The highest BCUT2D eigenvalue weighted by Gasteiger charge is 2.19. The van der Waals surface area contributed by atoms with E-state index in [1.165, 1.54) is 167 Å². The van der Waals surface area contributed by atoms with Crippen LogP contribution >= 0.6 is 0 Å². The molecule has 0 fully saturated rings. The molecule has 6 heteroatoms. The largest absolute Gasteiger partial charge is 0.462 e. The zero-order valence-electron chi connectivity index (χ0n) is 47.0. The van der Waals surface area contributed by atoms with Gasteiger partial charge in [0, 0.05) is 19.3 Å². The molecular formula is C65H114O6. The summed E-state index contributed by atoms with van der Waals surface area (Å²) < 4.78 is 16.8. The highest BCUT2D eigenvalue weighted by atomic mass is 16.6. The quantitative estimate of drug-likeness (QED) is 0.0261. The Bertz CT molecular complexity index is 1320. The maximum Gasteiger partial charge on any atom is 0.306 e. The third-order valence-electron chi connectivity index (χ3n) is 13.2. The summed E-state index contributed by atoms with van der Waals surface area (Å²) in [6.45, 7) is 6.49. The van der Waals surface area contributed by atoms with Gasteiger partial charge >= 0.3 is 17.9 Å². The standard InChI is InChI=1S/C65H114O6/c1-4-7-10-13-16-18-20-22-24-25-26-27-28-29-30-31-32-33-34-35-36-37-38-39-41-42-44-46-49-52-55-58-64(67)70-61-62(60-69-63(66)57-54-51-48-15-12-9-6-3)71-65(68)59-56-53-50-47-45-43-40-23-21-19-17-14-11-8-5-2/h7,10,16,18,22-24,26-27,29-30,40,62H,4-6,8-9,11-15,17,19-21,25,28,31-39,41-61H2,1-3H3/b10-7-,18-16-,24-22-,27-26-,30-29-,40-23-. The van der Waals surface area contributed by atoms with Crippen LogP contribution in [0.15, 0.2) is 72.9 Å². The average Bonchev–Trinajstić information content (AvgIpc) is 3.37. The fraction of sp³-hybridized carbons (Fsp3) is 0.769. The van der Waals surface area contributed by atoms with Crippen LogP contribution in [0.3, 0.4) is 0 Å². The maximum absolute atomic E-state index is 12.8. The highest BCUT2D eigenvalue weighted by Crippen LogP contribution is 2.16. The van der Waals surface area contributed by atoms with Crippen molar-refractivity contribution < 1.29 is 28.6 Å². The van der Waals surface area contributed by atoms with Gasteiger partial charge in [-0.15, -0.1) is 0 Å². The third kappa shape index (κ3) is 57.6. The molecule has 71 heavy (non-hydrogen) atoms. The lowest BCUT2D eigenvalue weighted by Gasteiger charge is -2.18. The normalized spacial score (nSPS) is 12.5. The van der Waals surface area contributed by atoms with Crippen LogP contribution in [0, 0.1) is 0 Å². The average molecular weight is 992 g/mol. The van der Waals surface area contributed by atoms with Crippen molar-refractivity contribution in [3.05, 3.63) is 72.9 Å². The minimum Gasteiger partial charge on any atom is -0.462 e. The van der Waals surface area contributed by atoms with Crippen molar-refractivity contribution in [1.82, 2.24) is 0 Å². The van der Waals surface area contributed by atoms with Crippen LogP contribution in [-0.4, -0.2) is 37.2 Å². The summed E-state index contributed by atoms with van der Waals surface area (Å²) in [5.41, 5.74) is 0. The molecule has 0 aliphatic carbocycles. The molecule has 0 saturated heterocycles. The van der Waals surface area contributed by atoms with Crippen molar-refractivity contribution >= 4 is 17.9 Å². The number of ether oxygens (including phenoxy) is 3. The first-order valence-electron chi connectivity index (χ1n) is 30.4. The fourth-order valence-electron chi connectivity index (χ4n) is 8.64. The Morgan fingerprint density at radius 3 is 0.873 bits per heavy atom. The van der Waals surface area contributed by atoms with E-state index in [0.717, 1.165) is 96.3 Å². The van der Waals surface area contributed by atoms with Crippen LogP contribution in [0.2, 0.25) is 0 Å². The summed E-state index contributed by atoms with van der Waals surface area (Å²) in [5.74, 6) is -0.880. The smallest absolute Gasteiger partial charge is 0.306 e. The van der Waals surface area contributed by atoms with Crippen LogP contribution in [0.25, 0.3) is 0 Å². The van der Waals surface area contributed by atoms with Crippen LogP contribution in [0.1, 0.15) is 303 Å². The molecule has 0 rings (SSSR count). The number of carbonyl (C=O) groups excluding carboxylic acids is 3. The molecule has 0 saturated carbocycles. The molecule has 0 amide bonds. The van der Waals surface area contributed by atoms with Crippen LogP contribution in [0.4, 0.5) is 0 Å². The number of rotatable bonds is 55. The predicted octanol–water partition coefficient (Wildman–Crippen LogP) is 20.5. The van der Waals surface area contributed by atoms with Gasteiger partial charge in [-0.1, -0.05) is 267 Å². The first-order chi connectivity index (χ1) is 35.0. The first kappa shape index (κ1) is 67.8.